The van der Waals surface area contributed by atoms with Crippen LogP contribution in [-0.2, 0) is 4.79 Å². The van der Waals surface area contributed by atoms with Crippen molar-refractivity contribution in [3.05, 3.63) is 6.33 Å². The van der Waals surface area contributed by atoms with Crippen molar-refractivity contribution in [1.29, 1.82) is 0 Å². The first-order valence-corrected chi connectivity index (χ1v) is 4.60. The van der Waals surface area contributed by atoms with Crippen LogP contribution in [0.5, 0.6) is 0 Å². The van der Waals surface area contributed by atoms with E-state index < -0.39 is 0 Å². The summed E-state index contributed by atoms with van der Waals surface area (Å²) in [6, 6.07) is 0. The van der Waals surface area contributed by atoms with Gasteiger partial charge in [-0.2, -0.15) is 10.1 Å². The summed E-state index contributed by atoms with van der Waals surface area (Å²) in [7, 11) is 2.02. The summed E-state index contributed by atoms with van der Waals surface area (Å²) in [5.41, 5.74) is 0. The van der Waals surface area contributed by atoms with Crippen molar-refractivity contribution in [3.8, 4) is 0 Å². The van der Waals surface area contributed by atoms with E-state index in [0.717, 1.165) is 19.5 Å². The Labute approximate surface area is 81.7 Å². The number of anilines is 1. The number of hydrogen-bond acceptors (Lipinski definition) is 4. The molecule has 6 heteroatoms. The summed E-state index contributed by atoms with van der Waals surface area (Å²) in [6.07, 6.45) is 2.28. The summed E-state index contributed by atoms with van der Waals surface area (Å²) in [5.74, 6) is 0.515. The molecule has 2 heterocycles. The first-order valence-electron chi connectivity index (χ1n) is 4.60. The van der Waals surface area contributed by atoms with E-state index in [9.17, 15) is 4.79 Å². The summed E-state index contributed by atoms with van der Waals surface area (Å²) in [4.78, 5) is 17.6. The first kappa shape index (κ1) is 9.14. The number of rotatable bonds is 2. The normalized spacial score (nSPS) is 22.5. The van der Waals surface area contributed by atoms with Gasteiger partial charge in [0.05, 0.1) is 5.92 Å². The van der Waals surface area contributed by atoms with Crippen LogP contribution >= 0.6 is 0 Å². The molecule has 1 aliphatic heterocycles. The number of amides is 1. The number of hydrogen-bond donors (Lipinski definition) is 2. The van der Waals surface area contributed by atoms with E-state index in [-0.39, 0.29) is 11.8 Å². The molecule has 1 fully saturated rings. The van der Waals surface area contributed by atoms with E-state index >= 15 is 0 Å². The van der Waals surface area contributed by atoms with E-state index in [1.807, 2.05) is 7.05 Å². The lowest BCUT2D eigenvalue weighted by atomic mass is 10.1. The molecule has 1 saturated heterocycles. The fourth-order valence-electron chi connectivity index (χ4n) is 1.63. The molecule has 1 aromatic rings. The van der Waals surface area contributed by atoms with Crippen molar-refractivity contribution in [3.63, 3.8) is 0 Å². The molecule has 14 heavy (non-hydrogen) atoms. The van der Waals surface area contributed by atoms with Crippen molar-refractivity contribution in [1.82, 2.24) is 20.1 Å². The minimum Gasteiger partial charge on any atom is -0.306 e. The van der Waals surface area contributed by atoms with Gasteiger partial charge in [-0.1, -0.05) is 0 Å². The van der Waals surface area contributed by atoms with Crippen LogP contribution in [-0.4, -0.2) is 46.1 Å². The Kier molecular flexibility index (Phi) is 2.45. The highest BCUT2D eigenvalue weighted by Crippen LogP contribution is 2.15. The molecule has 1 atom stereocenters. The van der Waals surface area contributed by atoms with E-state index in [2.05, 4.69) is 25.4 Å². The van der Waals surface area contributed by atoms with Gasteiger partial charge in [0.15, 0.2) is 0 Å². The van der Waals surface area contributed by atoms with Gasteiger partial charge in [0.1, 0.15) is 6.33 Å². The minimum atomic E-state index is 0.0195. The number of carbonyl (C=O) groups is 1. The predicted octanol–water partition coefficient (Wildman–Crippen LogP) is -0.305. The number of nitrogens with zero attached hydrogens (tertiary/aromatic N) is 3. The van der Waals surface area contributed by atoms with Gasteiger partial charge in [0.2, 0.25) is 11.9 Å². The smallest absolute Gasteiger partial charge is 0.231 e. The van der Waals surface area contributed by atoms with Crippen molar-refractivity contribution in [2.45, 2.75) is 6.42 Å². The van der Waals surface area contributed by atoms with Gasteiger partial charge < -0.3 is 4.90 Å². The summed E-state index contributed by atoms with van der Waals surface area (Å²) >= 11 is 0. The van der Waals surface area contributed by atoms with Crippen LogP contribution in [0, 0.1) is 5.92 Å². The van der Waals surface area contributed by atoms with Crippen molar-refractivity contribution in [2.24, 2.45) is 5.92 Å². The van der Waals surface area contributed by atoms with Crippen LogP contribution in [0.15, 0.2) is 6.33 Å². The number of aromatic amines is 1. The molecule has 0 aliphatic carbocycles. The quantitative estimate of drug-likeness (QED) is 0.679. The molecule has 1 aliphatic rings. The van der Waals surface area contributed by atoms with Crippen molar-refractivity contribution < 1.29 is 4.79 Å². The van der Waals surface area contributed by atoms with Crippen LogP contribution in [0.1, 0.15) is 6.42 Å². The maximum Gasteiger partial charge on any atom is 0.231 e. The van der Waals surface area contributed by atoms with Crippen molar-refractivity contribution >= 4 is 11.9 Å². The third-order valence-corrected chi connectivity index (χ3v) is 2.42. The monoisotopic (exact) mass is 195 g/mol. The van der Waals surface area contributed by atoms with Gasteiger partial charge in [-0.15, -0.1) is 0 Å². The Morgan fingerprint density at radius 2 is 2.64 bits per heavy atom. The topological polar surface area (TPSA) is 73.9 Å². The molecule has 0 bridgehead atoms. The van der Waals surface area contributed by atoms with E-state index in [1.54, 1.807) is 0 Å². The van der Waals surface area contributed by atoms with Gasteiger partial charge in [0.25, 0.3) is 0 Å². The van der Waals surface area contributed by atoms with Gasteiger partial charge in [-0.25, -0.2) is 5.10 Å². The number of H-pyrrole nitrogens is 1. The molecule has 1 aromatic heterocycles. The Bertz CT molecular complexity index is 310. The highest BCUT2D eigenvalue weighted by atomic mass is 16.2. The molecule has 0 spiro atoms. The molecule has 6 nitrogen and oxygen atoms in total. The number of aromatic nitrogens is 3. The van der Waals surface area contributed by atoms with Gasteiger partial charge in [0, 0.05) is 6.54 Å². The SMILES string of the molecule is CN1CCC(C(=O)Nc2ncn[nH]2)C1. The summed E-state index contributed by atoms with van der Waals surface area (Å²) < 4.78 is 0. The lowest BCUT2D eigenvalue weighted by Crippen LogP contribution is -2.25. The zero-order valence-electron chi connectivity index (χ0n) is 8.03. The Hall–Kier alpha value is -1.43. The molecule has 0 radical (unpaired) electrons. The predicted molar refractivity (Wildman–Crippen MR) is 50.6 cm³/mol. The number of likely N-dealkylation sites (tertiary alicyclic amines) is 1. The van der Waals surface area contributed by atoms with Gasteiger partial charge in [-0.3, -0.25) is 10.1 Å². The second kappa shape index (κ2) is 3.75. The average molecular weight is 195 g/mol. The summed E-state index contributed by atoms with van der Waals surface area (Å²) in [5, 5.41) is 8.94. The highest BCUT2D eigenvalue weighted by molar-refractivity contribution is 5.91. The largest absolute Gasteiger partial charge is 0.306 e. The third kappa shape index (κ3) is 1.90. The fourth-order valence-corrected chi connectivity index (χ4v) is 1.63. The highest BCUT2D eigenvalue weighted by Gasteiger charge is 2.26. The molecule has 2 N–H and O–H groups in total. The van der Waals surface area contributed by atoms with Crippen LogP contribution in [0.3, 0.4) is 0 Å². The Balaban J connectivity index is 1.90. The number of nitrogens with one attached hydrogen (secondary N) is 2. The Morgan fingerprint density at radius 3 is 3.21 bits per heavy atom. The number of carbonyl (C=O) groups excluding carboxylic acids is 1. The molecular weight excluding hydrogens is 182 g/mol. The lowest BCUT2D eigenvalue weighted by Gasteiger charge is -2.08. The Morgan fingerprint density at radius 1 is 1.79 bits per heavy atom. The molecule has 2 rings (SSSR count). The maximum atomic E-state index is 11.6. The van der Waals surface area contributed by atoms with E-state index in [0.29, 0.717) is 5.95 Å². The molecular formula is C8H13N5O. The van der Waals surface area contributed by atoms with Gasteiger partial charge >= 0.3 is 0 Å². The standard InChI is InChI=1S/C8H13N5O/c1-13-3-2-6(4-13)7(14)11-8-9-5-10-12-8/h5-6H,2-4H2,1H3,(H2,9,10,11,12,14). The second-order valence-corrected chi connectivity index (χ2v) is 3.57. The zero-order valence-corrected chi connectivity index (χ0v) is 8.03. The second-order valence-electron chi connectivity index (χ2n) is 3.57. The molecule has 76 valence electrons. The first-order chi connectivity index (χ1) is 6.75. The van der Waals surface area contributed by atoms with E-state index in [1.165, 1.54) is 6.33 Å². The molecule has 1 amide bonds. The van der Waals surface area contributed by atoms with Crippen LogP contribution in [0.2, 0.25) is 0 Å². The minimum absolute atomic E-state index is 0.0195. The van der Waals surface area contributed by atoms with Crippen LogP contribution < -0.4 is 5.32 Å². The maximum absolute atomic E-state index is 11.6. The van der Waals surface area contributed by atoms with E-state index in [4.69, 9.17) is 0 Å². The fraction of sp³-hybridized carbons (Fsp3) is 0.625. The lowest BCUT2D eigenvalue weighted by molar-refractivity contribution is -0.119. The van der Waals surface area contributed by atoms with Crippen LogP contribution in [0.25, 0.3) is 0 Å². The molecule has 0 aromatic carbocycles. The van der Waals surface area contributed by atoms with Crippen LogP contribution in [0.4, 0.5) is 5.95 Å². The van der Waals surface area contributed by atoms with Gasteiger partial charge in [-0.05, 0) is 20.0 Å². The molecule has 0 saturated carbocycles. The van der Waals surface area contributed by atoms with Crippen molar-refractivity contribution in [2.75, 3.05) is 25.5 Å². The summed E-state index contributed by atoms with van der Waals surface area (Å²) in [6.45, 7) is 1.80. The molecule has 1 unspecified atom stereocenters. The zero-order chi connectivity index (χ0) is 9.97. The average Bonchev–Trinajstić information content (AvgIpc) is 2.75. The third-order valence-electron chi connectivity index (χ3n) is 2.42.